The van der Waals surface area contributed by atoms with Crippen LogP contribution in [0.5, 0.6) is 11.5 Å². The van der Waals surface area contributed by atoms with Crippen LogP contribution in [0, 0.1) is 0 Å². The molecule has 0 unspecified atom stereocenters. The SMILES string of the molecule is COc1ccc(OC)c(NCc2nnc3ccc(Nc4cccc(Cl)c4)nn23)c1. The number of nitrogens with one attached hydrogen (secondary N) is 2. The summed E-state index contributed by atoms with van der Waals surface area (Å²) < 4.78 is 12.4. The molecule has 2 aromatic carbocycles. The van der Waals surface area contributed by atoms with E-state index in [-0.39, 0.29) is 0 Å². The van der Waals surface area contributed by atoms with Crippen molar-refractivity contribution in [3.8, 4) is 11.5 Å². The van der Waals surface area contributed by atoms with Gasteiger partial charge in [-0.1, -0.05) is 17.7 Å². The number of benzene rings is 2. The van der Waals surface area contributed by atoms with Crippen LogP contribution < -0.4 is 20.1 Å². The lowest BCUT2D eigenvalue weighted by Gasteiger charge is -2.12. The lowest BCUT2D eigenvalue weighted by atomic mass is 10.2. The minimum Gasteiger partial charge on any atom is -0.497 e. The van der Waals surface area contributed by atoms with Gasteiger partial charge < -0.3 is 20.1 Å². The minimum absolute atomic E-state index is 0.401. The molecule has 4 aromatic rings. The summed E-state index contributed by atoms with van der Waals surface area (Å²) >= 11 is 6.05. The first-order chi connectivity index (χ1) is 14.2. The van der Waals surface area contributed by atoms with Gasteiger partial charge in [-0.25, -0.2) is 0 Å². The van der Waals surface area contributed by atoms with E-state index < -0.39 is 0 Å². The smallest absolute Gasteiger partial charge is 0.178 e. The first kappa shape index (κ1) is 18.8. The van der Waals surface area contributed by atoms with Gasteiger partial charge in [0.15, 0.2) is 17.3 Å². The van der Waals surface area contributed by atoms with Crippen LogP contribution in [0.15, 0.2) is 54.6 Å². The van der Waals surface area contributed by atoms with Crippen LogP contribution in [-0.2, 0) is 6.54 Å². The maximum atomic E-state index is 6.05. The quantitative estimate of drug-likeness (QED) is 0.473. The minimum atomic E-state index is 0.401. The summed E-state index contributed by atoms with van der Waals surface area (Å²) in [7, 11) is 3.24. The molecule has 0 fully saturated rings. The topological polar surface area (TPSA) is 85.6 Å². The fourth-order valence-electron chi connectivity index (χ4n) is 2.85. The Morgan fingerprint density at radius 1 is 1.00 bits per heavy atom. The number of fused-ring (bicyclic) bond motifs is 1. The highest BCUT2D eigenvalue weighted by Gasteiger charge is 2.10. The Balaban J connectivity index is 1.57. The highest BCUT2D eigenvalue weighted by molar-refractivity contribution is 6.30. The predicted molar refractivity (Wildman–Crippen MR) is 112 cm³/mol. The number of halogens is 1. The van der Waals surface area contributed by atoms with E-state index in [0.29, 0.717) is 34.6 Å². The molecule has 29 heavy (non-hydrogen) atoms. The number of anilines is 3. The second kappa shape index (κ2) is 8.24. The zero-order valence-electron chi connectivity index (χ0n) is 15.9. The van der Waals surface area contributed by atoms with E-state index >= 15 is 0 Å². The molecule has 8 nitrogen and oxygen atoms in total. The number of methoxy groups -OCH3 is 2. The van der Waals surface area contributed by atoms with Crippen LogP contribution in [0.25, 0.3) is 5.65 Å². The molecule has 2 aromatic heterocycles. The van der Waals surface area contributed by atoms with Crippen molar-refractivity contribution in [1.29, 1.82) is 0 Å². The summed E-state index contributed by atoms with van der Waals surface area (Å²) in [5.41, 5.74) is 2.28. The first-order valence-corrected chi connectivity index (χ1v) is 9.24. The van der Waals surface area contributed by atoms with Gasteiger partial charge >= 0.3 is 0 Å². The Kier molecular flexibility index (Phi) is 5.35. The van der Waals surface area contributed by atoms with E-state index in [1.54, 1.807) is 18.7 Å². The molecule has 0 bridgehead atoms. The highest BCUT2D eigenvalue weighted by atomic mass is 35.5. The molecule has 9 heteroatoms. The largest absolute Gasteiger partial charge is 0.497 e. The number of ether oxygens (including phenoxy) is 2. The van der Waals surface area contributed by atoms with Crippen LogP contribution in [0.2, 0.25) is 5.02 Å². The molecule has 148 valence electrons. The zero-order valence-corrected chi connectivity index (χ0v) is 16.6. The molecule has 0 saturated heterocycles. The molecule has 0 aliphatic heterocycles. The van der Waals surface area contributed by atoms with Gasteiger partial charge in [0, 0.05) is 16.8 Å². The van der Waals surface area contributed by atoms with Gasteiger partial charge in [0.1, 0.15) is 11.5 Å². The number of hydrogen-bond acceptors (Lipinski definition) is 7. The van der Waals surface area contributed by atoms with Crippen molar-refractivity contribution < 1.29 is 9.47 Å². The second-order valence-corrected chi connectivity index (χ2v) is 6.60. The van der Waals surface area contributed by atoms with Crippen LogP contribution in [0.3, 0.4) is 0 Å². The molecule has 4 rings (SSSR count). The van der Waals surface area contributed by atoms with Gasteiger partial charge in [-0.2, -0.15) is 4.52 Å². The van der Waals surface area contributed by atoms with E-state index in [9.17, 15) is 0 Å². The second-order valence-electron chi connectivity index (χ2n) is 6.16. The number of rotatable bonds is 7. The Morgan fingerprint density at radius 3 is 2.69 bits per heavy atom. The monoisotopic (exact) mass is 410 g/mol. The third kappa shape index (κ3) is 4.17. The molecule has 2 heterocycles. The van der Waals surface area contributed by atoms with Crippen molar-refractivity contribution in [2.24, 2.45) is 0 Å². The van der Waals surface area contributed by atoms with E-state index in [1.165, 1.54) is 0 Å². The summed E-state index contributed by atoms with van der Waals surface area (Å²) in [6, 6.07) is 16.7. The lowest BCUT2D eigenvalue weighted by molar-refractivity contribution is 0.404. The molecular weight excluding hydrogens is 392 g/mol. The third-order valence-corrected chi connectivity index (χ3v) is 4.50. The van der Waals surface area contributed by atoms with Gasteiger partial charge in [0.2, 0.25) is 0 Å². The standard InChI is InChI=1S/C20H19ClN6O2/c1-28-15-6-7-17(29-2)16(11-15)22-12-20-25-24-19-9-8-18(26-27(19)20)23-14-5-3-4-13(21)10-14/h3-11,22H,12H2,1-2H3,(H,23,26). The molecule has 0 aliphatic carbocycles. The van der Waals surface area contributed by atoms with Crippen LogP contribution in [0.4, 0.5) is 17.2 Å². The number of hydrogen-bond donors (Lipinski definition) is 2. The van der Waals surface area contributed by atoms with Gasteiger partial charge in [0.05, 0.1) is 26.5 Å². The lowest BCUT2D eigenvalue weighted by Crippen LogP contribution is -2.08. The molecule has 0 atom stereocenters. The molecule has 0 saturated carbocycles. The van der Waals surface area contributed by atoms with Gasteiger partial charge in [-0.05, 0) is 42.5 Å². The average molecular weight is 411 g/mol. The van der Waals surface area contributed by atoms with E-state index in [1.807, 2.05) is 54.6 Å². The van der Waals surface area contributed by atoms with Gasteiger partial charge in [-0.15, -0.1) is 15.3 Å². The summed E-state index contributed by atoms with van der Waals surface area (Å²) in [6.45, 7) is 0.401. The van der Waals surface area contributed by atoms with Crippen molar-refractivity contribution >= 4 is 34.4 Å². The number of aromatic nitrogens is 4. The Bertz CT molecular complexity index is 1150. The van der Waals surface area contributed by atoms with Crippen molar-refractivity contribution in [3.05, 3.63) is 65.4 Å². The normalized spacial score (nSPS) is 10.7. The molecule has 2 N–H and O–H groups in total. The summed E-state index contributed by atoms with van der Waals surface area (Å²) in [5.74, 6) is 2.74. The molecular formula is C20H19ClN6O2. The summed E-state index contributed by atoms with van der Waals surface area (Å²) in [6.07, 6.45) is 0. The summed E-state index contributed by atoms with van der Waals surface area (Å²) in [5, 5.41) is 20.2. The van der Waals surface area contributed by atoms with Gasteiger partial charge in [0.25, 0.3) is 0 Å². The zero-order chi connectivity index (χ0) is 20.2. The maximum absolute atomic E-state index is 6.05. The summed E-state index contributed by atoms with van der Waals surface area (Å²) in [4.78, 5) is 0. The fourth-order valence-corrected chi connectivity index (χ4v) is 3.04. The van der Waals surface area contributed by atoms with Crippen LogP contribution in [-0.4, -0.2) is 34.0 Å². The van der Waals surface area contributed by atoms with Crippen LogP contribution in [0.1, 0.15) is 5.82 Å². The fraction of sp³-hybridized carbons (Fsp3) is 0.150. The Labute approximate surface area is 172 Å². The highest BCUT2D eigenvalue weighted by Crippen LogP contribution is 2.29. The molecule has 0 amide bonds. The van der Waals surface area contributed by atoms with E-state index in [4.69, 9.17) is 21.1 Å². The predicted octanol–water partition coefficient (Wildman–Crippen LogP) is 4.15. The van der Waals surface area contributed by atoms with Crippen molar-refractivity contribution in [2.45, 2.75) is 6.54 Å². The third-order valence-electron chi connectivity index (χ3n) is 4.27. The van der Waals surface area contributed by atoms with E-state index in [2.05, 4.69) is 25.9 Å². The Morgan fingerprint density at radius 2 is 1.90 bits per heavy atom. The van der Waals surface area contributed by atoms with Crippen LogP contribution >= 0.6 is 11.6 Å². The average Bonchev–Trinajstić information content (AvgIpc) is 3.14. The maximum Gasteiger partial charge on any atom is 0.178 e. The van der Waals surface area contributed by atoms with Crippen molar-refractivity contribution in [3.63, 3.8) is 0 Å². The molecule has 0 spiro atoms. The van der Waals surface area contributed by atoms with Gasteiger partial charge in [-0.3, -0.25) is 0 Å². The van der Waals surface area contributed by atoms with Crippen molar-refractivity contribution in [2.75, 3.05) is 24.9 Å². The van der Waals surface area contributed by atoms with E-state index in [0.717, 1.165) is 17.1 Å². The first-order valence-electron chi connectivity index (χ1n) is 8.86. The Hall–Kier alpha value is -3.52. The molecule has 0 aliphatic rings. The number of nitrogens with zero attached hydrogens (tertiary/aromatic N) is 4. The molecule has 0 radical (unpaired) electrons. The van der Waals surface area contributed by atoms with Crippen molar-refractivity contribution in [1.82, 2.24) is 19.8 Å².